The third kappa shape index (κ3) is 10.3. The molecule has 300 valence electrons. The summed E-state index contributed by atoms with van der Waals surface area (Å²) in [5.74, 6) is 4.22. The number of aliphatic hydroxyl groups excluding tert-OH is 1. The molecule has 0 unspecified atom stereocenters. The number of H-pyrrole nitrogens is 2. The summed E-state index contributed by atoms with van der Waals surface area (Å²) in [6.07, 6.45) is 12.8. The highest BCUT2D eigenvalue weighted by Crippen LogP contribution is 2.26. The minimum atomic E-state index is -0.225. The van der Waals surface area contributed by atoms with Crippen LogP contribution in [0.2, 0.25) is 0 Å². The molecule has 58 heavy (non-hydrogen) atoms. The Bertz CT molecular complexity index is 2370. The van der Waals surface area contributed by atoms with Crippen molar-refractivity contribution in [3.63, 3.8) is 0 Å². The van der Waals surface area contributed by atoms with Crippen molar-refractivity contribution < 1.29 is 14.6 Å². The maximum Gasteiger partial charge on any atom is 0.178 e. The second kappa shape index (κ2) is 19.2. The molecule has 2 atom stereocenters. The number of halogens is 2. The summed E-state index contributed by atoms with van der Waals surface area (Å²) in [5.41, 5.74) is 5.20. The number of piperazine rings is 1. The molecule has 4 N–H and O–H groups in total. The van der Waals surface area contributed by atoms with Crippen LogP contribution in [0.15, 0.2) is 101 Å². The lowest BCUT2D eigenvalue weighted by atomic mass is 9.93. The third-order valence-corrected chi connectivity index (χ3v) is 11.2. The van der Waals surface area contributed by atoms with Gasteiger partial charge in [0.05, 0.1) is 23.3 Å². The molecule has 6 heterocycles. The monoisotopic (exact) mass is 909 g/mol. The van der Waals surface area contributed by atoms with Gasteiger partial charge in [-0.3, -0.25) is 9.88 Å². The summed E-state index contributed by atoms with van der Waals surface area (Å²) in [4.78, 5) is 37.5. The van der Waals surface area contributed by atoms with Gasteiger partial charge in [-0.15, -0.1) is 0 Å². The Morgan fingerprint density at radius 1 is 0.707 bits per heavy atom. The van der Waals surface area contributed by atoms with E-state index in [2.05, 4.69) is 86.8 Å². The van der Waals surface area contributed by atoms with E-state index in [9.17, 15) is 5.11 Å². The van der Waals surface area contributed by atoms with Gasteiger partial charge in [0.1, 0.15) is 42.2 Å². The zero-order valence-corrected chi connectivity index (χ0v) is 35.1. The van der Waals surface area contributed by atoms with Crippen LogP contribution in [-0.2, 0) is 0 Å². The molecule has 2 aromatic carbocycles. The largest absolute Gasteiger partial charge is 0.492 e. The normalized spacial score (nSPS) is 17.3. The molecule has 5 aromatic heterocycles. The topological polar surface area (TPSA) is 166 Å². The second-order valence-corrected chi connectivity index (χ2v) is 16.1. The number of rotatable bonds is 12. The van der Waals surface area contributed by atoms with Crippen LogP contribution in [0.3, 0.4) is 0 Å². The van der Waals surface area contributed by atoms with Crippen molar-refractivity contribution in [3.05, 3.63) is 101 Å². The van der Waals surface area contributed by atoms with E-state index in [1.165, 1.54) is 6.42 Å². The molecule has 0 amide bonds. The van der Waals surface area contributed by atoms with Gasteiger partial charge >= 0.3 is 0 Å². The summed E-state index contributed by atoms with van der Waals surface area (Å²) < 4.78 is 13.6. The third-order valence-electron chi connectivity index (χ3n) is 10.3. The van der Waals surface area contributed by atoms with E-state index < -0.39 is 0 Å². The number of imidazole rings is 2. The van der Waals surface area contributed by atoms with Crippen molar-refractivity contribution in [3.8, 4) is 34.3 Å². The Hall–Kier alpha value is -5.00. The molecule has 1 aliphatic heterocycles. The Kier molecular flexibility index (Phi) is 13.2. The molecular formula is C42H45Br2N11O3. The lowest BCUT2D eigenvalue weighted by Gasteiger charge is -2.35. The first-order valence-corrected chi connectivity index (χ1v) is 21.2. The molecule has 16 heteroatoms. The molecule has 2 fully saturated rings. The first kappa shape index (κ1) is 39.8. The zero-order chi connectivity index (χ0) is 39.7. The fraction of sp³-hybridized carbons (Fsp3) is 0.333. The number of aliphatic hydroxyl groups is 1. The minimum Gasteiger partial charge on any atom is -0.492 e. The Morgan fingerprint density at radius 3 is 1.86 bits per heavy atom. The van der Waals surface area contributed by atoms with Crippen LogP contribution in [0, 0.1) is 0 Å². The van der Waals surface area contributed by atoms with Gasteiger partial charge in [0.2, 0.25) is 0 Å². The highest BCUT2D eigenvalue weighted by molar-refractivity contribution is 9.10. The van der Waals surface area contributed by atoms with Crippen LogP contribution < -0.4 is 19.7 Å². The highest BCUT2D eigenvalue weighted by atomic mass is 79.9. The van der Waals surface area contributed by atoms with Gasteiger partial charge in [-0.05, 0) is 105 Å². The Balaban J connectivity index is 0.000000164. The molecule has 1 saturated carbocycles. The van der Waals surface area contributed by atoms with Crippen molar-refractivity contribution in [2.45, 2.75) is 37.8 Å². The molecule has 0 spiro atoms. The molecule has 1 aliphatic carbocycles. The van der Waals surface area contributed by atoms with Gasteiger partial charge in [-0.25, -0.2) is 24.9 Å². The number of anilines is 1. The van der Waals surface area contributed by atoms with E-state index in [0.717, 1.165) is 119 Å². The summed E-state index contributed by atoms with van der Waals surface area (Å²) in [6, 6.07) is 20.0. The maximum atomic E-state index is 9.97. The van der Waals surface area contributed by atoms with Gasteiger partial charge in [-0.1, -0.05) is 12.8 Å². The van der Waals surface area contributed by atoms with Gasteiger partial charge in [0.25, 0.3) is 0 Å². The van der Waals surface area contributed by atoms with Crippen LogP contribution in [-0.4, -0.2) is 115 Å². The minimum absolute atomic E-state index is 0.200. The second-order valence-electron chi connectivity index (χ2n) is 14.3. The summed E-state index contributed by atoms with van der Waals surface area (Å²) in [7, 11) is 0. The predicted molar refractivity (Wildman–Crippen MR) is 232 cm³/mol. The van der Waals surface area contributed by atoms with E-state index in [4.69, 9.17) is 9.47 Å². The number of hydrogen-bond acceptors (Lipinski definition) is 12. The molecule has 14 nitrogen and oxygen atoms in total. The van der Waals surface area contributed by atoms with E-state index in [1.807, 2.05) is 66.9 Å². The van der Waals surface area contributed by atoms with Crippen LogP contribution in [0.1, 0.15) is 25.7 Å². The van der Waals surface area contributed by atoms with Crippen LogP contribution in [0.5, 0.6) is 11.5 Å². The fourth-order valence-electron chi connectivity index (χ4n) is 7.15. The Morgan fingerprint density at radius 2 is 1.29 bits per heavy atom. The van der Waals surface area contributed by atoms with Crippen LogP contribution >= 0.6 is 31.9 Å². The number of aromatic nitrogens is 8. The number of aromatic amines is 2. The van der Waals surface area contributed by atoms with Crippen molar-refractivity contribution in [2.75, 3.05) is 57.4 Å². The van der Waals surface area contributed by atoms with Crippen LogP contribution in [0.4, 0.5) is 5.82 Å². The fourth-order valence-corrected chi connectivity index (χ4v) is 7.81. The predicted octanol–water partition coefficient (Wildman–Crippen LogP) is 7.04. The molecule has 0 radical (unpaired) electrons. The molecule has 1 saturated heterocycles. The number of nitrogens with one attached hydrogen (secondary N) is 3. The summed E-state index contributed by atoms with van der Waals surface area (Å²) in [5, 5.41) is 13.4. The average Bonchev–Trinajstić information content (AvgIpc) is 3.88. The number of benzene rings is 2. The summed E-state index contributed by atoms with van der Waals surface area (Å²) >= 11 is 6.86. The van der Waals surface area contributed by atoms with E-state index >= 15 is 0 Å². The smallest absolute Gasteiger partial charge is 0.178 e. The number of pyridine rings is 2. The quantitative estimate of drug-likeness (QED) is 0.0926. The molecule has 9 rings (SSSR count). The van der Waals surface area contributed by atoms with E-state index in [-0.39, 0.29) is 12.1 Å². The van der Waals surface area contributed by atoms with E-state index in [1.54, 1.807) is 24.8 Å². The summed E-state index contributed by atoms with van der Waals surface area (Å²) in [6.45, 7) is 6.77. The zero-order valence-electron chi connectivity index (χ0n) is 31.9. The Labute approximate surface area is 353 Å². The highest BCUT2D eigenvalue weighted by Gasteiger charge is 2.22. The maximum absolute atomic E-state index is 9.97. The van der Waals surface area contributed by atoms with Crippen LogP contribution in [0.25, 0.3) is 45.1 Å². The van der Waals surface area contributed by atoms with Crippen molar-refractivity contribution in [1.82, 2.24) is 50.1 Å². The van der Waals surface area contributed by atoms with E-state index in [0.29, 0.717) is 24.5 Å². The van der Waals surface area contributed by atoms with Gasteiger partial charge < -0.3 is 34.8 Å². The van der Waals surface area contributed by atoms with Crippen molar-refractivity contribution in [2.24, 2.45) is 0 Å². The first-order chi connectivity index (χ1) is 28.4. The van der Waals surface area contributed by atoms with Crippen molar-refractivity contribution in [1.29, 1.82) is 0 Å². The SMILES string of the molecule is Brc1cnc2nc(-c3ccc(OCCN4CCN(c5cnccn5)CC4)cc3)[nH]c2c1.O[C@H]1CCCC[C@@H]1NCCOc1ccc(-c2nc3ncc(Br)cc3[nH]2)cc1. The lowest BCUT2D eigenvalue weighted by Crippen LogP contribution is -2.47. The van der Waals surface area contributed by atoms with Gasteiger partial charge in [0, 0.05) is 90.2 Å². The molecular weight excluding hydrogens is 866 g/mol. The number of ether oxygens (including phenoxy) is 2. The van der Waals surface area contributed by atoms with Gasteiger partial charge in [0.15, 0.2) is 11.3 Å². The average molecular weight is 912 g/mol. The molecule has 0 bridgehead atoms. The number of fused-ring (bicyclic) bond motifs is 2. The number of nitrogens with zero attached hydrogens (tertiary/aromatic N) is 8. The lowest BCUT2D eigenvalue weighted by molar-refractivity contribution is 0.0890. The molecule has 7 aromatic rings. The van der Waals surface area contributed by atoms with Crippen molar-refractivity contribution >= 4 is 60.0 Å². The number of hydrogen-bond donors (Lipinski definition) is 4. The van der Waals surface area contributed by atoms with Gasteiger partial charge in [-0.2, -0.15) is 0 Å². The standard InChI is InChI=1S/C22H22BrN7O.C20H23BrN4O2/c23-17-13-19-22(26-14-17)28-21(27-19)16-1-3-18(4-2-16)31-12-11-29-7-9-30(10-8-29)20-15-24-5-6-25-20;21-14-11-17-20(23-12-14)25-19(24-17)13-5-7-15(8-6-13)27-10-9-22-16-3-1-2-4-18(16)26/h1-6,13-15H,7-12H2,(H,26,27,28);5-8,11-12,16,18,22,26H,1-4,9-10H2,(H,23,24,25)/t;16-,18-/m.0/s1. The molecule has 2 aliphatic rings. The first-order valence-electron chi connectivity index (χ1n) is 19.6.